The van der Waals surface area contributed by atoms with Crippen molar-refractivity contribution >= 4 is 35.9 Å². The first-order chi connectivity index (χ1) is 11.9. The van der Waals surface area contributed by atoms with Crippen LogP contribution in [0, 0.1) is 0 Å². The quantitative estimate of drug-likeness (QED) is 0.416. The summed E-state index contributed by atoms with van der Waals surface area (Å²) in [4.78, 5) is 21.5. The van der Waals surface area contributed by atoms with Crippen molar-refractivity contribution in [3.8, 4) is 0 Å². The van der Waals surface area contributed by atoms with Gasteiger partial charge in [-0.25, -0.2) is 19.9 Å². The molecule has 0 atom stereocenters. The largest absolute Gasteiger partial charge is 0.443 e. The minimum absolute atomic E-state index is 0. The first-order valence-electron chi connectivity index (χ1n) is 8.45. The molecule has 0 aromatic carbocycles. The van der Waals surface area contributed by atoms with Gasteiger partial charge in [-0.1, -0.05) is 20.8 Å². The van der Waals surface area contributed by atoms with Crippen LogP contribution < -0.4 is 10.6 Å². The second kappa shape index (κ2) is 8.65. The number of anilines is 1. The third-order valence-corrected chi connectivity index (χ3v) is 4.11. The number of halogens is 1. The predicted molar refractivity (Wildman–Crippen MR) is 112 cm³/mol. The van der Waals surface area contributed by atoms with E-state index < -0.39 is 0 Å². The summed E-state index contributed by atoms with van der Waals surface area (Å²) in [5, 5.41) is 0. The Morgan fingerprint density at radius 1 is 1.15 bits per heavy atom. The van der Waals surface area contributed by atoms with Crippen LogP contribution in [-0.4, -0.2) is 52.0 Å². The first kappa shape index (κ1) is 20.4. The smallest absolute Gasteiger partial charge is 0.225 e. The molecule has 0 aliphatic carbocycles. The molecule has 8 nitrogen and oxygen atoms in total. The Bertz CT molecular complexity index is 718. The molecule has 26 heavy (non-hydrogen) atoms. The molecule has 3 heterocycles. The number of nitrogens with two attached hydrogens (primary N) is 1. The maximum Gasteiger partial charge on any atom is 0.225 e. The molecule has 0 radical (unpaired) electrons. The highest BCUT2D eigenvalue weighted by Gasteiger charge is 2.21. The van der Waals surface area contributed by atoms with Gasteiger partial charge >= 0.3 is 0 Å². The van der Waals surface area contributed by atoms with Gasteiger partial charge in [0.25, 0.3) is 0 Å². The van der Waals surface area contributed by atoms with E-state index >= 15 is 0 Å². The molecule has 1 saturated heterocycles. The normalized spacial score (nSPS) is 15.7. The molecular weight excluding hydrogens is 445 g/mol. The summed E-state index contributed by atoms with van der Waals surface area (Å²) in [6.07, 6.45) is 5.28. The van der Waals surface area contributed by atoms with Gasteiger partial charge in [-0.3, -0.25) is 0 Å². The van der Waals surface area contributed by atoms with Gasteiger partial charge in [0.15, 0.2) is 5.96 Å². The Morgan fingerprint density at radius 2 is 1.81 bits per heavy atom. The maximum atomic E-state index is 6.13. The Labute approximate surface area is 170 Å². The fourth-order valence-electron chi connectivity index (χ4n) is 2.57. The van der Waals surface area contributed by atoms with E-state index in [-0.39, 0.29) is 29.4 Å². The molecule has 0 spiro atoms. The zero-order valence-electron chi connectivity index (χ0n) is 15.4. The van der Waals surface area contributed by atoms with E-state index in [0.717, 1.165) is 37.9 Å². The van der Waals surface area contributed by atoms with Crippen molar-refractivity contribution in [1.29, 1.82) is 0 Å². The summed E-state index contributed by atoms with van der Waals surface area (Å²) in [7, 11) is 0. The third-order valence-electron chi connectivity index (χ3n) is 4.11. The average molecular weight is 471 g/mol. The molecule has 0 saturated carbocycles. The van der Waals surface area contributed by atoms with Gasteiger partial charge in [0.2, 0.25) is 11.8 Å². The number of oxazole rings is 1. The monoisotopic (exact) mass is 471 g/mol. The van der Waals surface area contributed by atoms with Crippen LogP contribution in [0.5, 0.6) is 0 Å². The van der Waals surface area contributed by atoms with E-state index in [1.807, 2.05) is 6.07 Å². The molecule has 9 heteroatoms. The number of hydrogen-bond acceptors (Lipinski definition) is 6. The lowest BCUT2D eigenvalue weighted by Gasteiger charge is -2.35. The van der Waals surface area contributed by atoms with E-state index in [2.05, 4.69) is 50.5 Å². The molecule has 1 aliphatic rings. The summed E-state index contributed by atoms with van der Waals surface area (Å²) < 4.78 is 5.74. The SMILES string of the molecule is CC(C)(C)c1cnc(CN=C(N)N2CCN(c3ncccn3)CC2)o1.I. The minimum Gasteiger partial charge on any atom is -0.443 e. The summed E-state index contributed by atoms with van der Waals surface area (Å²) in [6.45, 7) is 9.81. The predicted octanol–water partition coefficient (Wildman–Crippen LogP) is 2.02. The van der Waals surface area contributed by atoms with Crippen molar-refractivity contribution in [3.63, 3.8) is 0 Å². The average Bonchev–Trinajstić information content (AvgIpc) is 3.10. The summed E-state index contributed by atoms with van der Waals surface area (Å²) in [5.41, 5.74) is 6.07. The molecule has 2 aromatic rings. The van der Waals surface area contributed by atoms with Gasteiger partial charge in [-0.05, 0) is 6.07 Å². The van der Waals surface area contributed by atoms with Gasteiger partial charge in [-0.2, -0.15) is 0 Å². The highest BCUT2D eigenvalue weighted by atomic mass is 127. The van der Waals surface area contributed by atoms with Crippen LogP contribution in [-0.2, 0) is 12.0 Å². The Hall–Kier alpha value is -1.91. The molecule has 2 aromatic heterocycles. The summed E-state index contributed by atoms with van der Waals surface area (Å²) >= 11 is 0. The molecule has 0 amide bonds. The number of guanidine groups is 1. The highest BCUT2D eigenvalue weighted by Crippen LogP contribution is 2.22. The van der Waals surface area contributed by atoms with E-state index in [4.69, 9.17) is 10.2 Å². The lowest BCUT2D eigenvalue weighted by Crippen LogP contribution is -2.51. The van der Waals surface area contributed by atoms with Crippen molar-refractivity contribution in [2.45, 2.75) is 32.7 Å². The molecule has 1 aliphatic heterocycles. The van der Waals surface area contributed by atoms with Gasteiger partial charge in [-0.15, -0.1) is 24.0 Å². The van der Waals surface area contributed by atoms with Crippen molar-refractivity contribution in [3.05, 3.63) is 36.3 Å². The molecule has 2 N–H and O–H groups in total. The Balaban J connectivity index is 0.00000243. The number of hydrogen-bond donors (Lipinski definition) is 1. The van der Waals surface area contributed by atoms with Crippen molar-refractivity contribution in [1.82, 2.24) is 19.9 Å². The molecule has 1 fully saturated rings. The molecule has 0 unspecified atom stereocenters. The molecular formula is C17H26IN7O. The van der Waals surface area contributed by atoms with E-state index in [0.29, 0.717) is 18.4 Å². The summed E-state index contributed by atoms with van der Waals surface area (Å²) in [5.74, 6) is 2.72. The zero-order chi connectivity index (χ0) is 17.9. The van der Waals surface area contributed by atoms with Crippen molar-refractivity contribution in [2.24, 2.45) is 10.7 Å². The number of nitrogens with zero attached hydrogens (tertiary/aromatic N) is 6. The fraction of sp³-hybridized carbons (Fsp3) is 0.529. The molecule has 3 rings (SSSR count). The minimum atomic E-state index is -0.0592. The second-order valence-corrected chi connectivity index (χ2v) is 7.07. The lowest BCUT2D eigenvalue weighted by atomic mass is 9.94. The Kier molecular flexibility index (Phi) is 6.79. The number of piperazine rings is 1. The highest BCUT2D eigenvalue weighted by molar-refractivity contribution is 14.0. The standard InChI is InChI=1S/C17H25N7O.HI/c1-17(2,3)13-11-21-14(25-13)12-22-15(18)23-7-9-24(10-8-23)16-19-5-4-6-20-16;/h4-6,11H,7-10,12H2,1-3H3,(H2,18,22);1H. The zero-order valence-corrected chi connectivity index (χ0v) is 17.8. The topological polar surface area (TPSA) is 96.7 Å². The van der Waals surface area contributed by atoms with Crippen LogP contribution in [0.3, 0.4) is 0 Å². The van der Waals surface area contributed by atoms with Crippen LogP contribution >= 0.6 is 24.0 Å². The second-order valence-electron chi connectivity index (χ2n) is 7.07. The van der Waals surface area contributed by atoms with Crippen LogP contribution in [0.1, 0.15) is 32.4 Å². The number of rotatable bonds is 3. The van der Waals surface area contributed by atoms with Crippen LogP contribution in [0.4, 0.5) is 5.95 Å². The molecule has 0 bridgehead atoms. The molecule has 142 valence electrons. The van der Waals surface area contributed by atoms with Gasteiger partial charge in [0.1, 0.15) is 12.3 Å². The van der Waals surface area contributed by atoms with Gasteiger partial charge in [0, 0.05) is 44.0 Å². The fourth-order valence-corrected chi connectivity index (χ4v) is 2.57. The van der Waals surface area contributed by atoms with E-state index in [9.17, 15) is 0 Å². The third kappa shape index (κ3) is 5.05. The van der Waals surface area contributed by atoms with Crippen molar-refractivity contribution < 1.29 is 4.42 Å². The van der Waals surface area contributed by atoms with Crippen LogP contribution in [0.25, 0.3) is 0 Å². The van der Waals surface area contributed by atoms with Crippen LogP contribution in [0.2, 0.25) is 0 Å². The van der Waals surface area contributed by atoms with E-state index in [1.54, 1.807) is 18.6 Å². The number of aromatic nitrogens is 3. The van der Waals surface area contributed by atoms with Gasteiger partial charge in [0.05, 0.1) is 6.20 Å². The maximum absolute atomic E-state index is 6.13. The van der Waals surface area contributed by atoms with Crippen molar-refractivity contribution in [2.75, 3.05) is 31.1 Å². The Morgan fingerprint density at radius 3 is 2.38 bits per heavy atom. The van der Waals surface area contributed by atoms with E-state index in [1.165, 1.54) is 0 Å². The summed E-state index contributed by atoms with van der Waals surface area (Å²) in [6, 6.07) is 1.82. The number of aliphatic imine (C=N–C) groups is 1. The lowest BCUT2D eigenvalue weighted by molar-refractivity contribution is 0.371. The van der Waals surface area contributed by atoms with Gasteiger partial charge < -0.3 is 20.0 Å². The first-order valence-corrected chi connectivity index (χ1v) is 8.45. The van der Waals surface area contributed by atoms with Crippen LogP contribution in [0.15, 0.2) is 34.1 Å².